The van der Waals surface area contributed by atoms with Gasteiger partial charge in [0.15, 0.2) is 0 Å². The van der Waals surface area contributed by atoms with E-state index in [9.17, 15) is 18.8 Å². The molecule has 1 atom stereocenters. The van der Waals surface area contributed by atoms with Crippen molar-refractivity contribution in [1.29, 1.82) is 0 Å². The summed E-state index contributed by atoms with van der Waals surface area (Å²) in [5.41, 5.74) is 0.890. The van der Waals surface area contributed by atoms with E-state index in [1.807, 2.05) is 20.8 Å². The first-order chi connectivity index (χ1) is 13.6. The maximum Gasteiger partial charge on any atom is 0.253 e. The molecule has 6 nitrogen and oxygen atoms in total. The molecule has 0 saturated carbocycles. The molecule has 0 radical (unpaired) electrons. The summed E-state index contributed by atoms with van der Waals surface area (Å²) in [6, 6.07) is 12.3. The van der Waals surface area contributed by atoms with Gasteiger partial charge in [0.2, 0.25) is 11.8 Å². The largest absolute Gasteiger partial charge is 0.347 e. The van der Waals surface area contributed by atoms with E-state index in [1.165, 1.54) is 29.2 Å². The van der Waals surface area contributed by atoms with Gasteiger partial charge in [-0.1, -0.05) is 12.1 Å². The first-order valence-electron chi connectivity index (χ1n) is 9.42. The Morgan fingerprint density at radius 3 is 2.38 bits per heavy atom. The van der Waals surface area contributed by atoms with Gasteiger partial charge < -0.3 is 15.5 Å². The number of halogens is 1. The molecule has 0 unspecified atom stereocenters. The van der Waals surface area contributed by atoms with Crippen LogP contribution in [-0.4, -0.2) is 29.8 Å². The molecule has 3 rings (SSSR count). The van der Waals surface area contributed by atoms with E-state index < -0.39 is 11.5 Å². The molecule has 2 aromatic carbocycles. The maximum absolute atomic E-state index is 13.1. The van der Waals surface area contributed by atoms with Crippen molar-refractivity contribution in [1.82, 2.24) is 5.32 Å². The predicted octanol–water partition coefficient (Wildman–Crippen LogP) is 3.35. The number of para-hydroxylation sites is 1. The fraction of sp³-hybridized carbons (Fsp3) is 0.318. The second kappa shape index (κ2) is 8.03. The third kappa shape index (κ3) is 4.99. The summed E-state index contributed by atoms with van der Waals surface area (Å²) in [7, 11) is 0. The SMILES string of the molecule is CC(C)(C)NC(=O)c1ccccc1NC(=O)[C@H]1CC(=O)N(c2ccc(F)cc2)C1. The lowest BCUT2D eigenvalue weighted by molar-refractivity contribution is -0.122. The van der Waals surface area contributed by atoms with Crippen LogP contribution in [0.1, 0.15) is 37.6 Å². The number of hydrogen-bond donors (Lipinski definition) is 2. The zero-order chi connectivity index (χ0) is 21.2. The van der Waals surface area contributed by atoms with Crippen LogP contribution in [0.25, 0.3) is 0 Å². The molecule has 0 aliphatic carbocycles. The van der Waals surface area contributed by atoms with E-state index in [1.54, 1.807) is 24.3 Å². The second-order valence-electron chi connectivity index (χ2n) is 8.12. The number of anilines is 2. The van der Waals surface area contributed by atoms with Crippen molar-refractivity contribution >= 4 is 29.1 Å². The van der Waals surface area contributed by atoms with Crippen molar-refractivity contribution in [3.63, 3.8) is 0 Å². The predicted molar refractivity (Wildman–Crippen MR) is 109 cm³/mol. The lowest BCUT2D eigenvalue weighted by Gasteiger charge is -2.22. The minimum Gasteiger partial charge on any atom is -0.347 e. The molecule has 1 aliphatic rings. The summed E-state index contributed by atoms with van der Waals surface area (Å²) >= 11 is 0. The molecule has 2 aromatic rings. The molecule has 3 amide bonds. The molecule has 1 aliphatic heterocycles. The zero-order valence-electron chi connectivity index (χ0n) is 16.7. The molecule has 1 saturated heterocycles. The summed E-state index contributed by atoms with van der Waals surface area (Å²) in [6.07, 6.45) is 0.0551. The minimum absolute atomic E-state index is 0.0551. The fourth-order valence-electron chi connectivity index (χ4n) is 3.19. The van der Waals surface area contributed by atoms with Crippen molar-refractivity contribution < 1.29 is 18.8 Å². The van der Waals surface area contributed by atoms with Crippen LogP contribution < -0.4 is 15.5 Å². The summed E-state index contributed by atoms with van der Waals surface area (Å²) < 4.78 is 13.1. The van der Waals surface area contributed by atoms with Gasteiger partial charge in [0.05, 0.1) is 17.2 Å². The lowest BCUT2D eigenvalue weighted by Crippen LogP contribution is -2.41. The minimum atomic E-state index is -0.564. The Hall–Kier alpha value is -3.22. The normalized spacial score (nSPS) is 16.6. The van der Waals surface area contributed by atoms with Crippen LogP contribution in [0.15, 0.2) is 48.5 Å². The van der Waals surface area contributed by atoms with Crippen LogP contribution in [-0.2, 0) is 9.59 Å². The number of carbonyl (C=O) groups is 3. The van der Waals surface area contributed by atoms with Gasteiger partial charge in [-0.15, -0.1) is 0 Å². The molecule has 29 heavy (non-hydrogen) atoms. The van der Waals surface area contributed by atoms with Crippen molar-refractivity contribution in [3.05, 3.63) is 59.9 Å². The number of carbonyl (C=O) groups excluding carboxylic acids is 3. The Morgan fingerprint density at radius 2 is 1.72 bits per heavy atom. The average Bonchev–Trinajstić information content (AvgIpc) is 3.03. The molecule has 1 fully saturated rings. The van der Waals surface area contributed by atoms with Crippen molar-refractivity contribution in [3.8, 4) is 0 Å². The highest BCUT2D eigenvalue weighted by Crippen LogP contribution is 2.27. The Balaban J connectivity index is 1.72. The number of nitrogens with one attached hydrogen (secondary N) is 2. The molecule has 7 heteroatoms. The molecule has 0 bridgehead atoms. The van der Waals surface area contributed by atoms with Crippen molar-refractivity contribution in [2.45, 2.75) is 32.7 Å². The number of rotatable bonds is 4. The van der Waals surface area contributed by atoms with Crippen LogP contribution in [0.2, 0.25) is 0 Å². The Morgan fingerprint density at radius 1 is 1.07 bits per heavy atom. The maximum atomic E-state index is 13.1. The molecule has 1 heterocycles. The van der Waals surface area contributed by atoms with Gasteiger partial charge in [-0.2, -0.15) is 0 Å². The summed E-state index contributed by atoms with van der Waals surface area (Å²) in [5, 5.41) is 5.66. The van der Waals surface area contributed by atoms with Crippen LogP contribution in [0.4, 0.5) is 15.8 Å². The second-order valence-corrected chi connectivity index (χ2v) is 8.12. The highest BCUT2D eigenvalue weighted by Gasteiger charge is 2.35. The van der Waals surface area contributed by atoms with Gasteiger partial charge in [0, 0.05) is 24.2 Å². The highest BCUT2D eigenvalue weighted by molar-refractivity contribution is 6.07. The van der Waals surface area contributed by atoms with E-state index in [0.717, 1.165) is 0 Å². The van der Waals surface area contributed by atoms with Crippen LogP contribution >= 0.6 is 0 Å². The Labute approximate surface area is 169 Å². The van der Waals surface area contributed by atoms with Gasteiger partial charge in [-0.25, -0.2) is 4.39 Å². The van der Waals surface area contributed by atoms with Crippen molar-refractivity contribution in [2.24, 2.45) is 5.92 Å². The number of nitrogens with zero attached hydrogens (tertiary/aromatic N) is 1. The molecular formula is C22H24FN3O3. The average molecular weight is 397 g/mol. The Bertz CT molecular complexity index is 935. The van der Waals surface area contributed by atoms with Gasteiger partial charge in [0.1, 0.15) is 5.82 Å². The van der Waals surface area contributed by atoms with E-state index >= 15 is 0 Å². The summed E-state index contributed by atoms with van der Waals surface area (Å²) in [4.78, 5) is 39.1. The van der Waals surface area contributed by atoms with Gasteiger partial charge in [0.25, 0.3) is 5.91 Å². The highest BCUT2D eigenvalue weighted by atomic mass is 19.1. The van der Waals surface area contributed by atoms with E-state index in [-0.39, 0.29) is 36.5 Å². The molecule has 2 N–H and O–H groups in total. The van der Waals surface area contributed by atoms with Gasteiger partial charge >= 0.3 is 0 Å². The number of benzene rings is 2. The zero-order valence-corrected chi connectivity index (χ0v) is 16.7. The number of hydrogen-bond acceptors (Lipinski definition) is 3. The first kappa shape index (κ1) is 20.5. The molecule has 152 valence electrons. The molecule has 0 spiro atoms. The smallest absolute Gasteiger partial charge is 0.253 e. The summed E-state index contributed by atoms with van der Waals surface area (Å²) in [5.74, 6) is -1.77. The summed E-state index contributed by atoms with van der Waals surface area (Å²) in [6.45, 7) is 5.83. The lowest BCUT2D eigenvalue weighted by atomic mass is 10.1. The van der Waals surface area contributed by atoms with E-state index in [2.05, 4.69) is 10.6 Å². The third-order valence-corrected chi connectivity index (χ3v) is 4.55. The van der Waals surface area contributed by atoms with Gasteiger partial charge in [-0.05, 0) is 57.2 Å². The van der Waals surface area contributed by atoms with Crippen LogP contribution in [0.3, 0.4) is 0 Å². The van der Waals surface area contributed by atoms with E-state index in [4.69, 9.17) is 0 Å². The van der Waals surface area contributed by atoms with Gasteiger partial charge in [-0.3, -0.25) is 14.4 Å². The molecular weight excluding hydrogens is 373 g/mol. The quantitative estimate of drug-likeness (QED) is 0.831. The number of amides is 3. The first-order valence-corrected chi connectivity index (χ1v) is 9.42. The topological polar surface area (TPSA) is 78.5 Å². The van der Waals surface area contributed by atoms with Crippen LogP contribution in [0, 0.1) is 11.7 Å². The third-order valence-electron chi connectivity index (χ3n) is 4.55. The standard InChI is InChI=1S/C22H24FN3O3/c1-22(2,3)25-21(29)17-6-4-5-7-18(17)24-20(28)14-12-19(27)26(13-14)16-10-8-15(23)9-11-16/h4-11,14H,12-13H2,1-3H3,(H,24,28)(H,25,29)/t14-/m0/s1. The van der Waals surface area contributed by atoms with E-state index in [0.29, 0.717) is 16.9 Å². The fourth-order valence-corrected chi connectivity index (χ4v) is 3.19. The van der Waals surface area contributed by atoms with Crippen LogP contribution in [0.5, 0.6) is 0 Å². The van der Waals surface area contributed by atoms with Crippen molar-refractivity contribution in [2.75, 3.05) is 16.8 Å². The Kier molecular flexibility index (Phi) is 5.68. The molecule has 0 aromatic heterocycles. The monoisotopic (exact) mass is 397 g/mol.